The van der Waals surface area contributed by atoms with E-state index in [2.05, 4.69) is 31.9 Å². The molecule has 0 heterocycles. The summed E-state index contributed by atoms with van der Waals surface area (Å²) >= 11 is 6.57. The van der Waals surface area contributed by atoms with Gasteiger partial charge in [-0.2, -0.15) is 0 Å². The van der Waals surface area contributed by atoms with Crippen LogP contribution in [0.1, 0.15) is 25.8 Å². The van der Waals surface area contributed by atoms with Gasteiger partial charge < -0.3 is 5.73 Å². The third-order valence-electron chi connectivity index (χ3n) is 2.36. The van der Waals surface area contributed by atoms with Crippen molar-refractivity contribution in [1.29, 1.82) is 0 Å². The van der Waals surface area contributed by atoms with Gasteiger partial charge in [0.25, 0.3) is 0 Å². The minimum Gasteiger partial charge on any atom is -0.322 e. The second kappa shape index (κ2) is 4.29. The van der Waals surface area contributed by atoms with Gasteiger partial charge in [0.05, 0.1) is 0 Å². The van der Waals surface area contributed by atoms with E-state index in [1.54, 1.807) is 6.07 Å². The van der Waals surface area contributed by atoms with Crippen LogP contribution in [0.2, 0.25) is 0 Å². The van der Waals surface area contributed by atoms with Crippen molar-refractivity contribution in [3.8, 4) is 0 Å². The first kappa shape index (κ1) is 12.1. The third kappa shape index (κ3) is 2.35. The van der Waals surface area contributed by atoms with Crippen molar-refractivity contribution < 1.29 is 4.39 Å². The summed E-state index contributed by atoms with van der Waals surface area (Å²) in [4.78, 5) is 0. The number of hydrogen-bond donors (Lipinski definition) is 1. The predicted octanol–water partition coefficient (Wildman–Crippen LogP) is 3.93. The van der Waals surface area contributed by atoms with Crippen molar-refractivity contribution in [3.05, 3.63) is 32.5 Å². The fourth-order valence-electron chi connectivity index (χ4n) is 1.15. The monoisotopic (exact) mass is 323 g/mol. The third-order valence-corrected chi connectivity index (χ3v) is 4.20. The van der Waals surface area contributed by atoms with E-state index < -0.39 is 5.54 Å². The Morgan fingerprint density at radius 2 is 1.86 bits per heavy atom. The van der Waals surface area contributed by atoms with E-state index in [9.17, 15) is 4.39 Å². The van der Waals surface area contributed by atoms with Gasteiger partial charge >= 0.3 is 0 Å². The summed E-state index contributed by atoms with van der Waals surface area (Å²) in [5.74, 6) is -0.271. The first-order chi connectivity index (χ1) is 6.38. The molecule has 4 heteroatoms. The van der Waals surface area contributed by atoms with Crippen LogP contribution in [-0.4, -0.2) is 0 Å². The molecule has 0 amide bonds. The summed E-state index contributed by atoms with van der Waals surface area (Å²) in [6.07, 6.45) is 0.692. The predicted molar refractivity (Wildman–Crippen MR) is 63.6 cm³/mol. The lowest BCUT2D eigenvalue weighted by Gasteiger charge is -2.24. The standard InChI is InChI=1S/C10H12Br2FN/c1-3-10(2,14)6-4-7(11)8(12)5-9(6)13/h4-5H,3,14H2,1-2H3. The van der Waals surface area contributed by atoms with Crippen LogP contribution in [0, 0.1) is 5.82 Å². The zero-order valence-electron chi connectivity index (χ0n) is 8.07. The number of halogens is 3. The van der Waals surface area contributed by atoms with Gasteiger partial charge in [-0.05, 0) is 57.3 Å². The molecule has 1 aromatic carbocycles. The molecule has 1 aromatic rings. The lowest BCUT2D eigenvalue weighted by atomic mass is 9.90. The highest BCUT2D eigenvalue weighted by Crippen LogP contribution is 2.31. The van der Waals surface area contributed by atoms with E-state index in [-0.39, 0.29) is 5.82 Å². The quantitative estimate of drug-likeness (QED) is 0.819. The van der Waals surface area contributed by atoms with Crippen molar-refractivity contribution in [3.63, 3.8) is 0 Å². The lowest BCUT2D eigenvalue weighted by molar-refractivity contribution is 0.445. The average Bonchev–Trinajstić information content (AvgIpc) is 2.11. The van der Waals surface area contributed by atoms with E-state index in [1.165, 1.54) is 6.07 Å². The van der Waals surface area contributed by atoms with Gasteiger partial charge in [0.15, 0.2) is 0 Å². The molecule has 0 saturated heterocycles. The fraction of sp³-hybridized carbons (Fsp3) is 0.400. The average molecular weight is 325 g/mol. The Balaban J connectivity index is 3.29. The van der Waals surface area contributed by atoms with E-state index in [0.717, 1.165) is 4.47 Å². The van der Waals surface area contributed by atoms with Gasteiger partial charge in [0.2, 0.25) is 0 Å². The van der Waals surface area contributed by atoms with Gasteiger partial charge in [-0.1, -0.05) is 6.92 Å². The lowest BCUT2D eigenvalue weighted by Crippen LogP contribution is -2.33. The van der Waals surface area contributed by atoms with Crippen molar-refractivity contribution in [2.75, 3.05) is 0 Å². The van der Waals surface area contributed by atoms with E-state index in [1.807, 2.05) is 13.8 Å². The molecular weight excluding hydrogens is 313 g/mol. The van der Waals surface area contributed by atoms with Crippen molar-refractivity contribution in [2.24, 2.45) is 5.73 Å². The van der Waals surface area contributed by atoms with Gasteiger partial charge in [0.1, 0.15) is 5.82 Å². The van der Waals surface area contributed by atoms with Crippen LogP contribution >= 0.6 is 31.9 Å². The van der Waals surface area contributed by atoms with Crippen LogP contribution in [0.3, 0.4) is 0 Å². The highest BCUT2D eigenvalue weighted by Gasteiger charge is 2.23. The maximum atomic E-state index is 13.6. The SMILES string of the molecule is CCC(C)(N)c1cc(Br)c(Br)cc1F. The molecule has 1 atom stereocenters. The van der Waals surface area contributed by atoms with Crippen molar-refractivity contribution in [2.45, 2.75) is 25.8 Å². The highest BCUT2D eigenvalue weighted by atomic mass is 79.9. The van der Waals surface area contributed by atoms with E-state index in [4.69, 9.17) is 5.73 Å². The van der Waals surface area contributed by atoms with Crippen LogP contribution in [-0.2, 0) is 5.54 Å². The molecule has 0 spiro atoms. The van der Waals surface area contributed by atoms with Gasteiger partial charge in [-0.3, -0.25) is 0 Å². The maximum absolute atomic E-state index is 13.6. The number of hydrogen-bond acceptors (Lipinski definition) is 1. The molecule has 0 saturated carbocycles. The van der Waals surface area contributed by atoms with Crippen LogP contribution < -0.4 is 5.73 Å². The number of benzene rings is 1. The molecule has 1 unspecified atom stereocenters. The molecular formula is C10H12Br2FN. The second-order valence-electron chi connectivity index (χ2n) is 3.52. The minimum atomic E-state index is -0.618. The van der Waals surface area contributed by atoms with E-state index in [0.29, 0.717) is 16.5 Å². The Hall–Kier alpha value is 0.0700. The molecule has 1 nitrogen and oxygen atoms in total. The Morgan fingerprint density at radius 3 is 2.36 bits per heavy atom. The maximum Gasteiger partial charge on any atom is 0.129 e. The topological polar surface area (TPSA) is 26.0 Å². The summed E-state index contributed by atoms with van der Waals surface area (Å²) in [5, 5.41) is 0. The molecule has 0 aliphatic carbocycles. The molecule has 1 rings (SSSR count). The summed E-state index contributed by atoms with van der Waals surface area (Å²) < 4.78 is 15.1. The van der Waals surface area contributed by atoms with Crippen LogP contribution in [0.5, 0.6) is 0 Å². The summed E-state index contributed by atoms with van der Waals surface area (Å²) in [6.45, 7) is 3.77. The Morgan fingerprint density at radius 1 is 1.36 bits per heavy atom. The minimum absolute atomic E-state index is 0.271. The summed E-state index contributed by atoms with van der Waals surface area (Å²) in [5.41, 5.74) is 5.90. The van der Waals surface area contributed by atoms with Crippen LogP contribution in [0.4, 0.5) is 4.39 Å². The van der Waals surface area contributed by atoms with Gasteiger partial charge in [-0.25, -0.2) is 4.39 Å². The Kier molecular flexibility index (Phi) is 3.72. The molecule has 0 aliphatic heterocycles. The van der Waals surface area contributed by atoms with Crippen molar-refractivity contribution in [1.82, 2.24) is 0 Å². The molecule has 0 aliphatic rings. The van der Waals surface area contributed by atoms with Gasteiger partial charge in [-0.15, -0.1) is 0 Å². The summed E-state index contributed by atoms with van der Waals surface area (Å²) in [6, 6.07) is 3.16. The molecule has 0 aromatic heterocycles. The first-order valence-electron chi connectivity index (χ1n) is 4.32. The zero-order valence-corrected chi connectivity index (χ0v) is 11.2. The summed E-state index contributed by atoms with van der Waals surface area (Å²) in [7, 11) is 0. The number of nitrogens with two attached hydrogens (primary N) is 1. The van der Waals surface area contributed by atoms with Crippen LogP contribution in [0.25, 0.3) is 0 Å². The number of rotatable bonds is 2. The Labute approximate surface area is 100 Å². The molecule has 0 fully saturated rings. The smallest absolute Gasteiger partial charge is 0.129 e. The molecule has 0 bridgehead atoms. The fourth-order valence-corrected chi connectivity index (χ4v) is 1.81. The second-order valence-corrected chi connectivity index (χ2v) is 5.23. The largest absolute Gasteiger partial charge is 0.322 e. The molecule has 2 N–H and O–H groups in total. The normalized spacial score (nSPS) is 15.3. The van der Waals surface area contributed by atoms with Gasteiger partial charge in [0, 0.05) is 20.0 Å². The highest BCUT2D eigenvalue weighted by molar-refractivity contribution is 9.13. The Bertz CT molecular complexity index is 350. The molecule has 0 radical (unpaired) electrons. The first-order valence-corrected chi connectivity index (χ1v) is 5.91. The zero-order chi connectivity index (χ0) is 10.9. The molecule has 78 valence electrons. The van der Waals surface area contributed by atoms with E-state index >= 15 is 0 Å². The van der Waals surface area contributed by atoms with Crippen LogP contribution in [0.15, 0.2) is 21.1 Å². The van der Waals surface area contributed by atoms with Crippen molar-refractivity contribution >= 4 is 31.9 Å². The molecule has 14 heavy (non-hydrogen) atoms.